The van der Waals surface area contributed by atoms with Gasteiger partial charge < -0.3 is 9.64 Å². The van der Waals surface area contributed by atoms with Gasteiger partial charge in [-0.2, -0.15) is 23.4 Å². The number of nitrogens with zero attached hydrogens (tertiary/aromatic N) is 3. The number of alkyl halides is 3. The third kappa shape index (κ3) is 6.74. The van der Waals surface area contributed by atoms with Crippen molar-refractivity contribution in [3.05, 3.63) is 66.2 Å². The topological polar surface area (TPSA) is 54.3 Å². The van der Waals surface area contributed by atoms with Crippen molar-refractivity contribution in [3.8, 4) is 0 Å². The Balaban J connectivity index is 1.97. The van der Waals surface area contributed by atoms with E-state index < -0.39 is 17.7 Å². The van der Waals surface area contributed by atoms with Crippen LogP contribution in [0.5, 0.6) is 0 Å². The summed E-state index contributed by atoms with van der Waals surface area (Å²) in [5.41, 5.74) is 1.45. The zero-order valence-corrected chi connectivity index (χ0v) is 16.2. The first kappa shape index (κ1) is 22.1. The summed E-state index contributed by atoms with van der Waals surface area (Å²) in [4.78, 5) is 13.5. The molecule has 0 heterocycles. The molecular formula is C21H22F3N3O2. The monoisotopic (exact) mass is 405 g/mol. The van der Waals surface area contributed by atoms with E-state index in [0.717, 1.165) is 24.4 Å². The highest BCUT2D eigenvalue weighted by Crippen LogP contribution is 2.30. The minimum Gasteiger partial charge on any atom is -0.460 e. The molecule has 0 N–H and O–H groups in total. The van der Waals surface area contributed by atoms with Crippen LogP contribution >= 0.6 is 0 Å². The second-order valence-corrected chi connectivity index (χ2v) is 6.26. The van der Waals surface area contributed by atoms with E-state index in [2.05, 4.69) is 16.8 Å². The smallest absolute Gasteiger partial charge is 0.416 e. The largest absolute Gasteiger partial charge is 0.460 e. The summed E-state index contributed by atoms with van der Waals surface area (Å²) in [5.74, 6) is -0.417. The highest BCUT2D eigenvalue weighted by atomic mass is 19.4. The predicted octanol–water partition coefficient (Wildman–Crippen LogP) is 6.07. The van der Waals surface area contributed by atoms with Crippen LogP contribution in [-0.2, 0) is 15.7 Å². The Bertz CT molecular complexity index is 860. The average Bonchev–Trinajstić information content (AvgIpc) is 2.69. The molecule has 0 bridgehead atoms. The molecule has 2 aromatic rings. The van der Waals surface area contributed by atoms with Gasteiger partial charge in [-0.3, -0.25) is 0 Å². The summed E-state index contributed by atoms with van der Waals surface area (Å²) in [7, 11) is 0. The molecule has 0 radical (unpaired) electrons. The van der Waals surface area contributed by atoms with Crippen LogP contribution in [-0.4, -0.2) is 25.7 Å². The molecule has 0 atom stereocenters. The molecule has 154 valence electrons. The van der Waals surface area contributed by atoms with Crippen molar-refractivity contribution >= 4 is 23.0 Å². The Morgan fingerprint density at radius 3 is 2.00 bits per heavy atom. The van der Waals surface area contributed by atoms with E-state index in [0.29, 0.717) is 23.5 Å². The number of hydrogen-bond acceptors (Lipinski definition) is 5. The quantitative estimate of drug-likeness (QED) is 0.304. The fourth-order valence-electron chi connectivity index (χ4n) is 2.40. The summed E-state index contributed by atoms with van der Waals surface area (Å²) < 4.78 is 42.8. The number of anilines is 1. The SMILES string of the molecule is C=C(C)C(=O)OCCN(CC)c1ccc(N=Nc2ccc(C(F)(F)F)cc2)cc1. The fraction of sp³-hybridized carbons (Fsp3) is 0.286. The Hall–Kier alpha value is -3.16. The van der Waals surface area contributed by atoms with E-state index >= 15 is 0 Å². The van der Waals surface area contributed by atoms with Crippen LogP contribution < -0.4 is 4.90 Å². The number of esters is 1. The van der Waals surface area contributed by atoms with Crippen molar-refractivity contribution in [2.45, 2.75) is 20.0 Å². The van der Waals surface area contributed by atoms with Crippen LogP contribution in [0.3, 0.4) is 0 Å². The lowest BCUT2D eigenvalue weighted by molar-refractivity contribution is -0.139. The first-order valence-electron chi connectivity index (χ1n) is 8.97. The van der Waals surface area contributed by atoms with Crippen molar-refractivity contribution < 1.29 is 22.7 Å². The van der Waals surface area contributed by atoms with Crippen LogP contribution in [0.1, 0.15) is 19.4 Å². The summed E-state index contributed by atoms with van der Waals surface area (Å²) in [6.45, 7) is 8.61. The molecular weight excluding hydrogens is 383 g/mol. The van der Waals surface area contributed by atoms with Crippen LogP contribution in [0.2, 0.25) is 0 Å². The molecule has 0 aromatic heterocycles. The molecule has 0 saturated carbocycles. The normalized spacial score (nSPS) is 11.5. The van der Waals surface area contributed by atoms with Gasteiger partial charge in [-0.1, -0.05) is 6.58 Å². The molecule has 0 aliphatic carbocycles. The van der Waals surface area contributed by atoms with Crippen molar-refractivity contribution in [2.24, 2.45) is 10.2 Å². The highest BCUT2D eigenvalue weighted by molar-refractivity contribution is 5.86. The van der Waals surface area contributed by atoms with Gasteiger partial charge in [0.1, 0.15) is 6.61 Å². The minimum atomic E-state index is -4.38. The number of benzene rings is 2. The van der Waals surface area contributed by atoms with Gasteiger partial charge in [-0.05, 0) is 62.4 Å². The zero-order valence-electron chi connectivity index (χ0n) is 16.2. The number of likely N-dealkylation sites (N-methyl/N-ethyl adjacent to an activating group) is 1. The van der Waals surface area contributed by atoms with Gasteiger partial charge in [0, 0.05) is 17.8 Å². The molecule has 8 heteroatoms. The molecule has 0 aliphatic heterocycles. The lowest BCUT2D eigenvalue weighted by Crippen LogP contribution is -2.28. The summed E-state index contributed by atoms with van der Waals surface area (Å²) >= 11 is 0. The second kappa shape index (κ2) is 9.86. The van der Waals surface area contributed by atoms with E-state index in [1.807, 2.05) is 24.0 Å². The molecule has 0 unspecified atom stereocenters. The third-order valence-electron chi connectivity index (χ3n) is 4.01. The van der Waals surface area contributed by atoms with Gasteiger partial charge in [0.25, 0.3) is 0 Å². The van der Waals surface area contributed by atoms with Crippen molar-refractivity contribution in [1.82, 2.24) is 0 Å². The minimum absolute atomic E-state index is 0.245. The Labute approximate surface area is 167 Å². The molecule has 5 nitrogen and oxygen atoms in total. The number of carbonyl (C=O) groups excluding carboxylic acids is 1. The number of carbonyl (C=O) groups is 1. The van der Waals surface area contributed by atoms with E-state index in [1.54, 1.807) is 19.1 Å². The van der Waals surface area contributed by atoms with Crippen molar-refractivity contribution in [3.63, 3.8) is 0 Å². The first-order chi connectivity index (χ1) is 13.7. The van der Waals surface area contributed by atoms with E-state index in [1.165, 1.54) is 12.1 Å². The fourth-order valence-corrected chi connectivity index (χ4v) is 2.40. The first-order valence-corrected chi connectivity index (χ1v) is 8.97. The summed E-state index contributed by atoms with van der Waals surface area (Å²) in [5, 5.41) is 8.00. The van der Waals surface area contributed by atoms with Gasteiger partial charge >= 0.3 is 12.1 Å². The van der Waals surface area contributed by atoms with Gasteiger partial charge in [0.2, 0.25) is 0 Å². The summed E-state index contributed by atoms with van der Waals surface area (Å²) in [6, 6.07) is 11.7. The van der Waals surface area contributed by atoms with Crippen LogP contribution in [0, 0.1) is 0 Å². The maximum absolute atomic E-state index is 12.6. The number of hydrogen-bond donors (Lipinski definition) is 0. The van der Waals surface area contributed by atoms with Crippen molar-refractivity contribution in [2.75, 3.05) is 24.6 Å². The molecule has 2 aromatic carbocycles. The van der Waals surface area contributed by atoms with Gasteiger partial charge in [-0.15, -0.1) is 0 Å². The standard InChI is InChI=1S/C21H22F3N3O2/c1-4-27(13-14-29-20(28)15(2)3)19-11-9-18(10-12-19)26-25-17-7-5-16(6-8-17)21(22,23)24/h5-12H,2,4,13-14H2,1,3H3. The number of ether oxygens (including phenoxy) is 1. The van der Waals surface area contributed by atoms with Crippen LogP contribution in [0.25, 0.3) is 0 Å². The molecule has 2 rings (SSSR count). The maximum Gasteiger partial charge on any atom is 0.416 e. The summed E-state index contributed by atoms with van der Waals surface area (Å²) in [6.07, 6.45) is -4.38. The van der Waals surface area contributed by atoms with Crippen LogP contribution in [0.15, 0.2) is 70.9 Å². The third-order valence-corrected chi connectivity index (χ3v) is 4.01. The Morgan fingerprint density at radius 2 is 1.55 bits per heavy atom. The zero-order chi connectivity index (χ0) is 21.4. The maximum atomic E-state index is 12.6. The molecule has 0 amide bonds. The lowest BCUT2D eigenvalue weighted by Gasteiger charge is -2.22. The Kier molecular flexibility index (Phi) is 7.52. The van der Waals surface area contributed by atoms with E-state index in [4.69, 9.17) is 4.74 Å². The van der Waals surface area contributed by atoms with Crippen LogP contribution in [0.4, 0.5) is 30.2 Å². The molecule has 0 spiro atoms. The van der Waals surface area contributed by atoms with E-state index in [9.17, 15) is 18.0 Å². The van der Waals surface area contributed by atoms with Gasteiger partial charge in [0.15, 0.2) is 0 Å². The molecule has 0 aliphatic rings. The second-order valence-electron chi connectivity index (χ2n) is 6.26. The van der Waals surface area contributed by atoms with E-state index in [-0.39, 0.29) is 6.61 Å². The predicted molar refractivity (Wildman–Crippen MR) is 106 cm³/mol. The highest BCUT2D eigenvalue weighted by Gasteiger charge is 2.29. The number of rotatable bonds is 8. The lowest BCUT2D eigenvalue weighted by atomic mass is 10.2. The molecule has 0 saturated heterocycles. The Morgan fingerprint density at radius 1 is 1.03 bits per heavy atom. The average molecular weight is 405 g/mol. The van der Waals surface area contributed by atoms with Gasteiger partial charge in [-0.25, -0.2) is 4.79 Å². The molecule has 29 heavy (non-hydrogen) atoms. The number of azo groups is 1. The molecule has 0 fully saturated rings. The number of halogens is 3. The van der Waals surface area contributed by atoms with Crippen molar-refractivity contribution in [1.29, 1.82) is 0 Å². The van der Waals surface area contributed by atoms with Gasteiger partial charge in [0.05, 0.1) is 23.5 Å².